The molecule has 0 saturated carbocycles. The Kier molecular flexibility index (Phi) is 3.66. The molecule has 1 aromatic rings. The average Bonchev–Trinajstić information content (AvgIpc) is 2.73. The molecule has 98 valence electrons. The highest BCUT2D eigenvalue weighted by Crippen LogP contribution is 2.26. The van der Waals surface area contributed by atoms with E-state index in [9.17, 15) is 9.18 Å². The van der Waals surface area contributed by atoms with Crippen LogP contribution in [0.3, 0.4) is 0 Å². The summed E-state index contributed by atoms with van der Waals surface area (Å²) >= 11 is 0. The first-order valence-corrected chi connectivity index (χ1v) is 5.76. The Morgan fingerprint density at radius 3 is 2.94 bits per heavy atom. The summed E-state index contributed by atoms with van der Waals surface area (Å²) in [7, 11) is 0. The highest BCUT2D eigenvalue weighted by molar-refractivity contribution is 5.89. The fourth-order valence-electron chi connectivity index (χ4n) is 1.79. The van der Waals surface area contributed by atoms with E-state index in [-0.39, 0.29) is 18.4 Å². The van der Waals surface area contributed by atoms with Crippen molar-refractivity contribution in [3.8, 4) is 5.75 Å². The summed E-state index contributed by atoms with van der Waals surface area (Å²) < 4.78 is 23.8. The molecule has 0 bridgehead atoms. The van der Waals surface area contributed by atoms with E-state index in [0.29, 0.717) is 18.8 Å². The Morgan fingerprint density at radius 1 is 1.61 bits per heavy atom. The normalized spacial score (nSPS) is 18.9. The molecular formula is C12H15FN2O3. The molecule has 1 aliphatic heterocycles. The highest BCUT2D eigenvalue weighted by Gasteiger charge is 2.31. The summed E-state index contributed by atoms with van der Waals surface area (Å²) in [6.45, 7) is 2.75. The number of anilines is 1. The van der Waals surface area contributed by atoms with Gasteiger partial charge < -0.3 is 15.2 Å². The van der Waals surface area contributed by atoms with Gasteiger partial charge in [-0.3, -0.25) is 4.90 Å². The number of rotatable bonds is 4. The van der Waals surface area contributed by atoms with Gasteiger partial charge in [-0.25, -0.2) is 9.18 Å². The Balaban J connectivity index is 2.19. The molecule has 1 amide bonds. The third kappa shape index (κ3) is 2.38. The van der Waals surface area contributed by atoms with Crippen LogP contribution in [0.15, 0.2) is 18.2 Å². The Morgan fingerprint density at radius 2 is 2.39 bits per heavy atom. The van der Waals surface area contributed by atoms with Crippen LogP contribution < -0.4 is 15.4 Å². The van der Waals surface area contributed by atoms with Gasteiger partial charge in [-0.05, 0) is 19.1 Å². The fourth-order valence-corrected chi connectivity index (χ4v) is 1.79. The molecular weight excluding hydrogens is 239 g/mol. The Bertz CT molecular complexity index is 453. The lowest BCUT2D eigenvalue weighted by Gasteiger charge is -2.14. The average molecular weight is 254 g/mol. The lowest BCUT2D eigenvalue weighted by atomic mass is 10.2. The largest absolute Gasteiger partial charge is 0.491 e. The van der Waals surface area contributed by atoms with Gasteiger partial charge in [0.1, 0.15) is 6.10 Å². The maximum Gasteiger partial charge on any atom is 0.414 e. The topological polar surface area (TPSA) is 64.8 Å². The van der Waals surface area contributed by atoms with Crippen LogP contribution in [0, 0.1) is 5.82 Å². The predicted molar refractivity (Wildman–Crippen MR) is 64.2 cm³/mol. The number of benzene rings is 1. The number of carbonyl (C=O) groups excluding carboxylic acids is 1. The van der Waals surface area contributed by atoms with E-state index in [2.05, 4.69) is 0 Å². The van der Waals surface area contributed by atoms with Gasteiger partial charge in [0.05, 0.1) is 18.8 Å². The van der Waals surface area contributed by atoms with E-state index in [0.717, 1.165) is 0 Å². The Hall–Kier alpha value is -1.82. The summed E-state index contributed by atoms with van der Waals surface area (Å²) in [6, 6.07) is 4.37. The number of amides is 1. The molecule has 1 aromatic carbocycles. The molecule has 1 atom stereocenters. The van der Waals surface area contributed by atoms with Crippen molar-refractivity contribution >= 4 is 11.8 Å². The van der Waals surface area contributed by atoms with Crippen LogP contribution in [0.4, 0.5) is 14.9 Å². The molecule has 0 radical (unpaired) electrons. The second-order valence-electron chi connectivity index (χ2n) is 3.90. The van der Waals surface area contributed by atoms with Crippen LogP contribution >= 0.6 is 0 Å². The second-order valence-corrected chi connectivity index (χ2v) is 3.90. The van der Waals surface area contributed by atoms with Gasteiger partial charge in [-0.1, -0.05) is 0 Å². The summed E-state index contributed by atoms with van der Waals surface area (Å²) in [5, 5.41) is 0. The third-order valence-corrected chi connectivity index (χ3v) is 2.66. The molecule has 1 aliphatic rings. The van der Waals surface area contributed by atoms with Crippen LogP contribution in [0.1, 0.15) is 6.92 Å². The van der Waals surface area contributed by atoms with Gasteiger partial charge in [-0.15, -0.1) is 0 Å². The van der Waals surface area contributed by atoms with Crippen LogP contribution in [-0.4, -0.2) is 31.9 Å². The first kappa shape index (κ1) is 12.6. The summed E-state index contributed by atoms with van der Waals surface area (Å²) in [4.78, 5) is 12.9. The van der Waals surface area contributed by atoms with Crippen molar-refractivity contribution in [2.24, 2.45) is 5.73 Å². The summed E-state index contributed by atoms with van der Waals surface area (Å²) in [6.07, 6.45) is -0.846. The lowest BCUT2D eigenvalue weighted by molar-refractivity contribution is 0.145. The van der Waals surface area contributed by atoms with Gasteiger partial charge >= 0.3 is 6.09 Å². The highest BCUT2D eigenvalue weighted by atomic mass is 19.1. The van der Waals surface area contributed by atoms with Crippen LogP contribution in [0.25, 0.3) is 0 Å². The van der Waals surface area contributed by atoms with Gasteiger partial charge in [-0.2, -0.15) is 0 Å². The molecule has 5 nitrogen and oxygen atoms in total. The number of hydrogen-bond acceptors (Lipinski definition) is 4. The van der Waals surface area contributed by atoms with Crippen molar-refractivity contribution in [3.63, 3.8) is 0 Å². The Labute approximate surface area is 104 Å². The second kappa shape index (κ2) is 5.22. The number of ether oxygens (including phenoxy) is 2. The SMILES string of the molecule is CCOc1ccc(N2CC(CN)OC2=O)cc1F. The number of nitrogens with zero attached hydrogens (tertiary/aromatic N) is 1. The first-order valence-electron chi connectivity index (χ1n) is 5.76. The minimum absolute atomic E-state index is 0.171. The molecule has 0 spiro atoms. The standard InChI is InChI=1S/C12H15FN2O3/c1-2-17-11-4-3-8(5-10(11)13)15-7-9(6-14)18-12(15)16/h3-5,9H,2,6-7,14H2,1H3. The zero-order chi connectivity index (χ0) is 13.1. The van der Waals surface area contributed by atoms with Gasteiger partial charge in [0, 0.05) is 12.6 Å². The van der Waals surface area contributed by atoms with Crippen LogP contribution in [0.2, 0.25) is 0 Å². The van der Waals surface area contributed by atoms with Crippen molar-refractivity contribution in [1.29, 1.82) is 0 Å². The molecule has 2 N–H and O–H groups in total. The minimum atomic E-state index is -0.506. The maximum absolute atomic E-state index is 13.7. The minimum Gasteiger partial charge on any atom is -0.491 e. The van der Waals surface area contributed by atoms with E-state index in [1.165, 1.54) is 17.0 Å². The van der Waals surface area contributed by atoms with E-state index in [1.54, 1.807) is 13.0 Å². The van der Waals surface area contributed by atoms with Crippen LogP contribution in [-0.2, 0) is 4.74 Å². The zero-order valence-electron chi connectivity index (χ0n) is 10.1. The molecule has 1 unspecified atom stereocenters. The van der Waals surface area contributed by atoms with Crippen molar-refractivity contribution in [1.82, 2.24) is 0 Å². The smallest absolute Gasteiger partial charge is 0.414 e. The molecule has 6 heteroatoms. The number of hydrogen-bond donors (Lipinski definition) is 1. The summed E-state index contributed by atoms with van der Waals surface area (Å²) in [5.41, 5.74) is 5.87. The molecule has 18 heavy (non-hydrogen) atoms. The van der Waals surface area contributed by atoms with E-state index in [1.807, 2.05) is 0 Å². The zero-order valence-corrected chi connectivity index (χ0v) is 10.1. The molecule has 0 aromatic heterocycles. The quantitative estimate of drug-likeness (QED) is 0.884. The fraction of sp³-hybridized carbons (Fsp3) is 0.417. The van der Waals surface area contributed by atoms with Crippen molar-refractivity contribution in [3.05, 3.63) is 24.0 Å². The number of cyclic esters (lactones) is 1. The first-order chi connectivity index (χ1) is 8.65. The molecule has 1 fully saturated rings. The predicted octanol–water partition coefficient (Wildman–Crippen LogP) is 1.51. The van der Waals surface area contributed by atoms with Crippen LogP contribution in [0.5, 0.6) is 5.75 Å². The molecule has 0 aliphatic carbocycles. The third-order valence-electron chi connectivity index (χ3n) is 2.66. The molecule has 2 rings (SSSR count). The van der Waals surface area contributed by atoms with E-state index in [4.69, 9.17) is 15.2 Å². The monoisotopic (exact) mass is 254 g/mol. The molecule has 1 saturated heterocycles. The summed E-state index contributed by atoms with van der Waals surface area (Å²) in [5.74, 6) is -0.331. The van der Waals surface area contributed by atoms with E-state index < -0.39 is 11.9 Å². The number of halogens is 1. The van der Waals surface area contributed by atoms with Gasteiger partial charge in [0.2, 0.25) is 0 Å². The van der Waals surface area contributed by atoms with Gasteiger partial charge in [0.25, 0.3) is 0 Å². The van der Waals surface area contributed by atoms with Gasteiger partial charge in [0.15, 0.2) is 11.6 Å². The van der Waals surface area contributed by atoms with Crippen molar-refractivity contribution in [2.45, 2.75) is 13.0 Å². The van der Waals surface area contributed by atoms with Crippen molar-refractivity contribution < 1.29 is 18.7 Å². The number of nitrogens with two attached hydrogens (primary N) is 1. The molecule has 1 heterocycles. The lowest BCUT2D eigenvalue weighted by Crippen LogP contribution is -2.27. The van der Waals surface area contributed by atoms with E-state index >= 15 is 0 Å². The number of carbonyl (C=O) groups is 1. The van der Waals surface area contributed by atoms with Crippen molar-refractivity contribution in [2.75, 3.05) is 24.6 Å². The maximum atomic E-state index is 13.7.